The second kappa shape index (κ2) is 8.22. The molecule has 0 saturated carbocycles. The average Bonchev–Trinajstić information content (AvgIpc) is 3.12. The third kappa shape index (κ3) is 4.36. The van der Waals surface area contributed by atoms with Crippen LogP contribution in [0, 0.1) is 0 Å². The fraction of sp³-hybridized carbons (Fsp3) is 0.360. The molecule has 2 aromatic rings. The minimum absolute atomic E-state index is 0.0909. The Morgan fingerprint density at radius 3 is 2.12 bits per heavy atom. The summed E-state index contributed by atoms with van der Waals surface area (Å²) in [6, 6.07) is 15.7. The van der Waals surface area contributed by atoms with Gasteiger partial charge in [0.2, 0.25) is 0 Å². The Kier molecular flexibility index (Phi) is 5.73. The first-order chi connectivity index (χ1) is 15.1. The maximum absolute atomic E-state index is 12.1. The number of amides is 1. The summed E-state index contributed by atoms with van der Waals surface area (Å²) in [5, 5.41) is 0. The first-order valence-electron chi connectivity index (χ1n) is 10.8. The van der Waals surface area contributed by atoms with Crippen LogP contribution in [0.4, 0.5) is 0 Å². The monoisotopic (exact) mass is 432 g/mol. The van der Waals surface area contributed by atoms with Crippen LogP contribution in [0.5, 0.6) is 5.75 Å². The lowest BCUT2D eigenvalue weighted by Crippen LogP contribution is -2.41. The van der Waals surface area contributed by atoms with E-state index in [2.05, 4.69) is 32.7 Å². The molecule has 32 heavy (non-hydrogen) atoms. The summed E-state index contributed by atoms with van der Waals surface area (Å²) in [5.74, 6) is 1.37. The molecular formula is C25H29BN2O4. The molecule has 1 fully saturated rings. The van der Waals surface area contributed by atoms with Crippen LogP contribution in [0.3, 0.4) is 0 Å². The molecule has 2 aliphatic heterocycles. The molecule has 2 aromatic carbocycles. The van der Waals surface area contributed by atoms with E-state index in [9.17, 15) is 4.79 Å². The van der Waals surface area contributed by atoms with Gasteiger partial charge < -0.3 is 14.0 Å². The van der Waals surface area contributed by atoms with Crippen LogP contribution in [0.2, 0.25) is 0 Å². The van der Waals surface area contributed by atoms with Crippen LogP contribution in [0.15, 0.2) is 59.2 Å². The van der Waals surface area contributed by atoms with Crippen molar-refractivity contribution in [1.82, 2.24) is 4.90 Å². The van der Waals surface area contributed by atoms with Crippen LogP contribution in [0.25, 0.3) is 6.08 Å². The summed E-state index contributed by atoms with van der Waals surface area (Å²) in [6.45, 7) is 10.5. The zero-order valence-electron chi connectivity index (χ0n) is 19.5. The number of benzene rings is 2. The second-order valence-electron chi connectivity index (χ2n) is 9.24. The minimum Gasteiger partial charge on any atom is -0.489 e. The van der Waals surface area contributed by atoms with Crippen molar-refractivity contribution in [3.8, 4) is 5.75 Å². The van der Waals surface area contributed by atoms with Gasteiger partial charge in [-0.1, -0.05) is 36.4 Å². The van der Waals surface area contributed by atoms with Crippen LogP contribution in [-0.2, 0) is 20.7 Å². The summed E-state index contributed by atoms with van der Waals surface area (Å²) in [6.07, 6.45) is 1.79. The molecule has 0 spiro atoms. The molecule has 0 aromatic heterocycles. The normalized spacial score (nSPS) is 20.8. The molecule has 166 valence electrons. The van der Waals surface area contributed by atoms with E-state index in [4.69, 9.17) is 14.0 Å². The highest BCUT2D eigenvalue weighted by Gasteiger charge is 2.51. The third-order valence-electron chi connectivity index (χ3n) is 6.39. The zero-order chi connectivity index (χ0) is 23.1. The van der Waals surface area contributed by atoms with Crippen molar-refractivity contribution >= 4 is 30.4 Å². The van der Waals surface area contributed by atoms with Gasteiger partial charge in [-0.25, -0.2) is 4.99 Å². The van der Waals surface area contributed by atoms with E-state index in [0.29, 0.717) is 18.1 Å². The Morgan fingerprint density at radius 1 is 1.00 bits per heavy atom. The van der Waals surface area contributed by atoms with Gasteiger partial charge in [-0.2, -0.15) is 0 Å². The van der Waals surface area contributed by atoms with Gasteiger partial charge in [-0.3, -0.25) is 9.69 Å². The summed E-state index contributed by atoms with van der Waals surface area (Å²) in [5.41, 5.74) is 2.69. The highest BCUT2D eigenvalue weighted by Crippen LogP contribution is 2.36. The standard InChI is InChI=1S/C25H29BN2O4/c1-17-27-22(23(29)28(17)6)15-18-9-13-21(14-10-18)30-16-19-7-11-20(12-8-19)26-31-24(2,3)25(4,5)32-26/h7-15H,16H2,1-6H3/b22-15-. The van der Waals surface area contributed by atoms with Crippen molar-refractivity contribution in [3.05, 3.63) is 65.4 Å². The lowest BCUT2D eigenvalue weighted by atomic mass is 9.79. The molecule has 4 rings (SSSR count). The van der Waals surface area contributed by atoms with E-state index in [0.717, 1.165) is 22.3 Å². The Morgan fingerprint density at radius 2 is 1.59 bits per heavy atom. The predicted octanol–water partition coefficient (Wildman–Crippen LogP) is 3.80. The zero-order valence-corrected chi connectivity index (χ0v) is 19.5. The van der Waals surface area contributed by atoms with E-state index in [1.165, 1.54) is 0 Å². The molecular weight excluding hydrogens is 403 g/mol. The molecule has 7 heteroatoms. The minimum atomic E-state index is -0.365. The molecule has 0 bridgehead atoms. The lowest BCUT2D eigenvalue weighted by molar-refractivity contribution is -0.121. The summed E-state index contributed by atoms with van der Waals surface area (Å²) >= 11 is 0. The Labute approximate surface area is 190 Å². The SMILES string of the molecule is CC1=N/C(=C\c2ccc(OCc3ccc(B4OC(C)(C)C(C)(C)O4)cc3)cc2)C(=O)N1C. The topological polar surface area (TPSA) is 60.4 Å². The summed E-state index contributed by atoms with van der Waals surface area (Å²) in [4.78, 5) is 18.0. The second-order valence-corrected chi connectivity index (χ2v) is 9.24. The van der Waals surface area contributed by atoms with E-state index in [1.807, 2.05) is 55.5 Å². The van der Waals surface area contributed by atoms with Crippen LogP contribution < -0.4 is 10.2 Å². The highest BCUT2D eigenvalue weighted by atomic mass is 16.7. The molecule has 6 nitrogen and oxygen atoms in total. The molecule has 0 aliphatic carbocycles. The summed E-state index contributed by atoms with van der Waals surface area (Å²) in [7, 11) is 1.36. The number of nitrogens with zero attached hydrogens (tertiary/aromatic N) is 2. The smallest absolute Gasteiger partial charge is 0.489 e. The number of rotatable bonds is 5. The lowest BCUT2D eigenvalue weighted by Gasteiger charge is -2.32. The van der Waals surface area contributed by atoms with E-state index < -0.39 is 0 Å². The number of likely N-dealkylation sites (N-methyl/N-ethyl adjacent to an activating group) is 1. The van der Waals surface area contributed by atoms with Crippen LogP contribution >= 0.6 is 0 Å². The van der Waals surface area contributed by atoms with Crippen molar-refractivity contribution in [2.75, 3.05) is 7.05 Å². The van der Waals surface area contributed by atoms with Gasteiger partial charge in [0.05, 0.1) is 11.2 Å². The van der Waals surface area contributed by atoms with Crippen LogP contribution in [-0.4, -0.2) is 42.0 Å². The maximum Gasteiger partial charge on any atom is 0.494 e. The Bertz CT molecular complexity index is 1060. The molecule has 2 heterocycles. The molecule has 1 saturated heterocycles. The van der Waals surface area contributed by atoms with E-state index in [1.54, 1.807) is 18.0 Å². The number of hydrogen-bond donors (Lipinski definition) is 0. The molecule has 0 atom stereocenters. The summed E-state index contributed by atoms with van der Waals surface area (Å²) < 4.78 is 18.1. The Hall–Kier alpha value is -2.90. The van der Waals surface area contributed by atoms with Crippen molar-refractivity contribution in [2.24, 2.45) is 4.99 Å². The fourth-order valence-corrected chi connectivity index (χ4v) is 3.44. The molecule has 2 aliphatic rings. The number of carbonyl (C=O) groups excluding carboxylic acids is 1. The third-order valence-corrected chi connectivity index (χ3v) is 6.39. The van der Waals surface area contributed by atoms with E-state index in [-0.39, 0.29) is 24.2 Å². The Balaban J connectivity index is 1.35. The largest absolute Gasteiger partial charge is 0.494 e. The van der Waals surface area contributed by atoms with Crippen molar-refractivity contribution in [2.45, 2.75) is 52.4 Å². The molecule has 0 radical (unpaired) electrons. The van der Waals surface area contributed by atoms with Gasteiger partial charge in [-0.15, -0.1) is 0 Å². The number of amidine groups is 1. The maximum atomic E-state index is 12.1. The fourth-order valence-electron chi connectivity index (χ4n) is 3.44. The molecule has 0 N–H and O–H groups in total. The van der Waals surface area contributed by atoms with Gasteiger partial charge in [0.25, 0.3) is 5.91 Å². The number of ether oxygens (including phenoxy) is 1. The highest BCUT2D eigenvalue weighted by molar-refractivity contribution is 6.62. The van der Waals surface area contributed by atoms with Gasteiger partial charge >= 0.3 is 7.12 Å². The average molecular weight is 432 g/mol. The first-order valence-corrected chi connectivity index (χ1v) is 10.8. The van der Waals surface area contributed by atoms with Gasteiger partial charge in [0, 0.05) is 7.05 Å². The van der Waals surface area contributed by atoms with Gasteiger partial charge in [0.1, 0.15) is 23.9 Å². The van der Waals surface area contributed by atoms with Gasteiger partial charge in [0.15, 0.2) is 0 Å². The van der Waals surface area contributed by atoms with Crippen LogP contribution in [0.1, 0.15) is 45.7 Å². The van der Waals surface area contributed by atoms with Crippen molar-refractivity contribution < 1.29 is 18.8 Å². The van der Waals surface area contributed by atoms with E-state index >= 15 is 0 Å². The number of carbonyl (C=O) groups is 1. The number of hydrogen-bond acceptors (Lipinski definition) is 5. The first kappa shape index (κ1) is 22.3. The molecule has 1 amide bonds. The predicted molar refractivity (Wildman–Crippen MR) is 127 cm³/mol. The van der Waals surface area contributed by atoms with Crippen molar-refractivity contribution in [1.29, 1.82) is 0 Å². The quantitative estimate of drug-likeness (QED) is 0.533. The van der Waals surface area contributed by atoms with Gasteiger partial charge in [-0.05, 0) is 69.4 Å². The molecule has 0 unspecified atom stereocenters. The van der Waals surface area contributed by atoms with Crippen molar-refractivity contribution in [3.63, 3.8) is 0 Å². The number of aliphatic imine (C=N–C) groups is 1.